The van der Waals surface area contributed by atoms with E-state index < -0.39 is 5.97 Å². The SMILES string of the molecule is CCN=C1S/C(=C\c2ccc(C(=O)O)cc2)C(=O)N1CC. The first-order valence-electron chi connectivity index (χ1n) is 6.66. The molecule has 1 aromatic carbocycles. The van der Waals surface area contributed by atoms with E-state index in [-0.39, 0.29) is 11.5 Å². The van der Waals surface area contributed by atoms with Gasteiger partial charge in [-0.25, -0.2) is 4.79 Å². The molecule has 0 radical (unpaired) electrons. The number of amides is 1. The van der Waals surface area contributed by atoms with Crippen molar-refractivity contribution in [3.8, 4) is 0 Å². The first-order chi connectivity index (χ1) is 10.1. The lowest BCUT2D eigenvalue weighted by molar-refractivity contribution is -0.122. The molecule has 5 nitrogen and oxygen atoms in total. The monoisotopic (exact) mass is 304 g/mol. The molecule has 1 heterocycles. The number of aromatic carboxylic acids is 1. The number of amidine groups is 1. The van der Waals surface area contributed by atoms with E-state index in [1.807, 2.05) is 13.8 Å². The van der Waals surface area contributed by atoms with Gasteiger partial charge in [-0.1, -0.05) is 12.1 Å². The van der Waals surface area contributed by atoms with Crippen molar-refractivity contribution in [1.29, 1.82) is 0 Å². The normalized spacial score (nSPS) is 18.8. The third kappa shape index (κ3) is 3.33. The Kier molecular flexibility index (Phi) is 4.80. The number of hydrogen-bond acceptors (Lipinski definition) is 4. The molecule has 1 aliphatic heterocycles. The number of carbonyl (C=O) groups excluding carboxylic acids is 1. The van der Waals surface area contributed by atoms with Crippen molar-refractivity contribution in [2.45, 2.75) is 13.8 Å². The number of carboxylic acids is 1. The lowest BCUT2D eigenvalue weighted by Crippen LogP contribution is -2.28. The van der Waals surface area contributed by atoms with Crippen molar-refractivity contribution < 1.29 is 14.7 Å². The highest BCUT2D eigenvalue weighted by Gasteiger charge is 2.31. The van der Waals surface area contributed by atoms with E-state index in [0.717, 1.165) is 10.7 Å². The Labute approximate surface area is 127 Å². The van der Waals surface area contributed by atoms with Gasteiger partial charge < -0.3 is 5.11 Å². The summed E-state index contributed by atoms with van der Waals surface area (Å²) in [6.07, 6.45) is 1.76. The standard InChI is InChI=1S/C15H16N2O3S/c1-3-16-15-17(4-2)13(18)12(21-15)9-10-5-7-11(8-6-10)14(19)20/h5-9H,3-4H2,1-2H3,(H,19,20)/b12-9-,16-15?. The zero-order chi connectivity index (χ0) is 15.4. The highest BCUT2D eigenvalue weighted by atomic mass is 32.2. The maximum atomic E-state index is 12.3. The van der Waals surface area contributed by atoms with E-state index in [0.29, 0.717) is 18.0 Å². The number of aliphatic imine (C=N–C) groups is 1. The number of hydrogen-bond donors (Lipinski definition) is 1. The zero-order valence-electron chi connectivity index (χ0n) is 11.9. The number of thioether (sulfide) groups is 1. The van der Waals surface area contributed by atoms with E-state index >= 15 is 0 Å². The number of nitrogens with zero attached hydrogens (tertiary/aromatic N) is 2. The highest BCUT2D eigenvalue weighted by Crippen LogP contribution is 2.32. The van der Waals surface area contributed by atoms with Gasteiger partial charge in [0, 0.05) is 13.1 Å². The summed E-state index contributed by atoms with van der Waals surface area (Å²) in [7, 11) is 0. The molecule has 0 saturated carbocycles. The first-order valence-corrected chi connectivity index (χ1v) is 7.47. The summed E-state index contributed by atoms with van der Waals surface area (Å²) in [5.74, 6) is -1.02. The number of benzene rings is 1. The minimum atomic E-state index is -0.963. The predicted molar refractivity (Wildman–Crippen MR) is 84.3 cm³/mol. The smallest absolute Gasteiger partial charge is 0.335 e. The van der Waals surface area contributed by atoms with Gasteiger partial charge in [-0.3, -0.25) is 14.7 Å². The minimum Gasteiger partial charge on any atom is -0.478 e. The molecule has 1 fully saturated rings. The molecule has 0 aliphatic carbocycles. The van der Waals surface area contributed by atoms with Crippen molar-refractivity contribution in [2.75, 3.05) is 13.1 Å². The van der Waals surface area contributed by atoms with Crippen molar-refractivity contribution in [1.82, 2.24) is 4.90 Å². The Hall–Kier alpha value is -2.08. The molecule has 2 rings (SSSR count). The van der Waals surface area contributed by atoms with E-state index in [1.54, 1.807) is 23.1 Å². The molecule has 110 valence electrons. The fraction of sp³-hybridized carbons (Fsp3) is 0.267. The molecule has 21 heavy (non-hydrogen) atoms. The van der Waals surface area contributed by atoms with Gasteiger partial charge in [-0.2, -0.15) is 0 Å². The van der Waals surface area contributed by atoms with Gasteiger partial charge in [-0.05, 0) is 49.4 Å². The summed E-state index contributed by atoms with van der Waals surface area (Å²) >= 11 is 1.35. The van der Waals surface area contributed by atoms with Crippen molar-refractivity contribution >= 4 is 34.9 Å². The fourth-order valence-corrected chi connectivity index (χ4v) is 3.02. The summed E-state index contributed by atoms with van der Waals surface area (Å²) in [6.45, 7) is 5.05. The molecule has 1 saturated heterocycles. The quantitative estimate of drug-likeness (QED) is 0.868. The average Bonchev–Trinajstić information content (AvgIpc) is 2.75. The number of likely N-dealkylation sites (N-methyl/N-ethyl adjacent to an activating group) is 1. The van der Waals surface area contributed by atoms with Crippen molar-refractivity contribution in [3.05, 3.63) is 40.3 Å². The maximum absolute atomic E-state index is 12.3. The van der Waals surface area contributed by atoms with Crippen LogP contribution in [0.1, 0.15) is 29.8 Å². The molecular formula is C15H16N2O3S. The van der Waals surface area contributed by atoms with Crippen LogP contribution >= 0.6 is 11.8 Å². The van der Waals surface area contributed by atoms with Crippen LogP contribution in [-0.4, -0.2) is 40.1 Å². The minimum absolute atomic E-state index is 0.0583. The van der Waals surface area contributed by atoms with Gasteiger partial charge >= 0.3 is 5.97 Å². The van der Waals surface area contributed by atoms with Crippen LogP contribution in [0.4, 0.5) is 0 Å². The van der Waals surface area contributed by atoms with Gasteiger partial charge in [0.05, 0.1) is 10.5 Å². The second-order valence-electron chi connectivity index (χ2n) is 4.34. The molecule has 0 spiro atoms. The largest absolute Gasteiger partial charge is 0.478 e. The fourth-order valence-electron chi connectivity index (χ4n) is 1.91. The topological polar surface area (TPSA) is 70.0 Å². The zero-order valence-corrected chi connectivity index (χ0v) is 12.7. The molecule has 1 aliphatic rings. The Morgan fingerprint density at radius 1 is 1.33 bits per heavy atom. The van der Waals surface area contributed by atoms with Crippen LogP contribution in [-0.2, 0) is 4.79 Å². The van der Waals surface area contributed by atoms with Crippen LogP contribution in [0.25, 0.3) is 6.08 Å². The Bertz CT molecular complexity index is 620. The van der Waals surface area contributed by atoms with Crippen molar-refractivity contribution in [2.24, 2.45) is 4.99 Å². The molecule has 0 unspecified atom stereocenters. The molecule has 0 atom stereocenters. The second kappa shape index (κ2) is 6.58. The lowest BCUT2D eigenvalue weighted by atomic mass is 10.1. The Morgan fingerprint density at radius 2 is 2.00 bits per heavy atom. The Morgan fingerprint density at radius 3 is 2.52 bits per heavy atom. The van der Waals surface area contributed by atoms with E-state index in [4.69, 9.17) is 5.11 Å². The summed E-state index contributed by atoms with van der Waals surface area (Å²) in [5.41, 5.74) is 1.02. The third-order valence-corrected chi connectivity index (χ3v) is 4.00. The summed E-state index contributed by atoms with van der Waals surface area (Å²) in [4.78, 5) is 29.6. The van der Waals surface area contributed by atoms with Crippen molar-refractivity contribution in [3.63, 3.8) is 0 Å². The van der Waals surface area contributed by atoms with Gasteiger partial charge in [0.2, 0.25) is 0 Å². The van der Waals surface area contributed by atoms with Gasteiger partial charge in [0.15, 0.2) is 5.17 Å². The van der Waals surface area contributed by atoms with E-state index in [1.165, 1.54) is 23.9 Å². The molecule has 0 aromatic heterocycles. The number of carboxylic acid groups (broad SMARTS) is 1. The maximum Gasteiger partial charge on any atom is 0.335 e. The summed E-state index contributed by atoms with van der Waals surface area (Å²) in [6, 6.07) is 6.43. The Balaban J connectivity index is 2.27. The van der Waals surface area contributed by atoms with Gasteiger partial charge in [0.1, 0.15) is 0 Å². The number of rotatable bonds is 4. The first kappa shape index (κ1) is 15.3. The van der Waals surface area contributed by atoms with Crippen LogP contribution in [0.15, 0.2) is 34.2 Å². The van der Waals surface area contributed by atoms with Gasteiger partial charge in [-0.15, -0.1) is 0 Å². The predicted octanol–water partition coefficient (Wildman–Crippen LogP) is 2.70. The van der Waals surface area contributed by atoms with Crippen LogP contribution in [0.2, 0.25) is 0 Å². The molecule has 1 aromatic rings. The van der Waals surface area contributed by atoms with Crippen LogP contribution in [0, 0.1) is 0 Å². The molecular weight excluding hydrogens is 288 g/mol. The van der Waals surface area contributed by atoms with Crippen LogP contribution in [0.5, 0.6) is 0 Å². The summed E-state index contributed by atoms with van der Waals surface area (Å²) < 4.78 is 0. The second-order valence-corrected chi connectivity index (χ2v) is 5.35. The lowest BCUT2D eigenvalue weighted by Gasteiger charge is -2.11. The third-order valence-electron chi connectivity index (χ3n) is 2.95. The number of carbonyl (C=O) groups is 2. The molecule has 6 heteroatoms. The van der Waals surface area contributed by atoms with Crippen LogP contribution in [0.3, 0.4) is 0 Å². The molecule has 1 amide bonds. The van der Waals surface area contributed by atoms with Crippen LogP contribution < -0.4 is 0 Å². The molecule has 1 N–H and O–H groups in total. The van der Waals surface area contributed by atoms with Gasteiger partial charge in [0.25, 0.3) is 5.91 Å². The van der Waals surface area contributed by atoms with E-state index in [2.05, 4.69) is 4.99 Å². The highest BCUT2D eigenvalue weighted by molar-refractivity contribution is 8.18. The molecule has 0 bridgehead atoms. The van der Waals surface area contributed by atoms with E-state index in [9.17, 15) is 9.59 Å². The summed E-state index contributed by atoms with van der Waals surface area (Å²) in [5, 5.41) is 9.59. The average molecular weight is 304 g/mol.